The summed E-state index contributed by atoms with van der Waals surface area (Å²) in [5.41, 5.74) is 4.79. The lowest BCUT2D eigenvalue weighted by Gasteiger charge is -2.33. The van der Waals surface area contributed by atoms with Gasteiger partial charge in [0.2, 0.25) is 0 Å². The van der Waals surface area contributed by atoms with Crippen molar-refractivity contribution in [3.8, 4) is 0 Å². The van der Waals surface area contributed by atoms with E-state index >= 15 is 0 Å². The molecule has 0 spiro atoms. The van der Waals surface area contributed by atoms with Crippen LogP contribution in [-0.2, 0) is 22.9 Å². The molecule has 36 heavy (non-hydrogen) atoms. The average Bonchev–Trinajstić information content (AvgIpc) is 3.29. The SMILES string of the molecule is Cc1cc2oc3c(c2cc1NS(=O)(=O)c1ccc2c4c(cccc14)C(=O)N2C)CC(C(C)(C)C)CC3. The van der Waals surface area contributed by atoms with E-state index in [1.807, 2.05) is 19.1 Å². The van der Waals surface area contributed by atoms with Crippen molar-refractivity contribution in [2.24, 2.45) is 11.3 Å². The van der Waals surface area contributed by atoms with Gasteiger partial charge in [-0.2, -0.15) is 0 Å². The van der Waals surface area contributed by atoms with Crippen LogP contribution in [0.15, 0.2) is 51.8 Å². The molecule has 6 rings (SSSR count). The normalized spacial score (nSPS) is 17.8. The molecule has 3 aromatic carbocycles. The van der Waals surface area contributed by atoms with Crippen molar-refractivity contribution in [3.05, 3.63) is 64.9 Å². The van der Waals surface area contributed by atoms with Crippen LogP contribution in [0.3, 0.4) is 0 Å². The van der Waals surface area contributed by atoms with Gasteiger partial charge in [0.25, 0.3) is 15.9 Å². The van der Waals surface area contributed by atoms with Gasteiger partial charge in [-0.3, -0.25) is 9.52 Å². The zero-order chi connectivity index (χ0) is 25.6. The van der Waals surface area contributed by atoms with Crippen LogP contribution in [0.5, 0.6) is 0 Å². The highest BCUT2D eigenvalue weighted by Crippen LogP contribution is 2.43. The maximum Gasteiger partial charge on any atom is 0.262 e. The Morgan fingerprint density at radius 2 is 1.86 bits per heavy atom. The van der Waals surface area contributed by atoms with Gasteiger partial charge in [0.1, 0.15) is 11.3 Å². The van der Waals surface area contributed by atoms with Crippen LogP contribution in [0, 0.1) is 18.3 Å². The van der Waals surface area contributed by atoms with E-state index in [9.17, 15) is 13.2 Å². The van der Waals surface area contributed by atoms with Crippen molar-refractivity contribution in [2.75, 3.05) is 16.7 Å². The highest BCUT2D eigenvalue weighted by Gasteiger charge is 2.33. The van der Waals surface area contributed by atoms with E-state index in [0.29, 0.717) is 27.9 Å². The average molecular weight is 503 g/mol. The quantitative estimate of drug-likeness (QED) is 0.350. The number of hydrogen-bond donors (Lipinski definition) is 1. The Morgan fingerprint density at radius 3 is 2.61 bits per heavy atom. The highest BCUT2D eigenvalue weighted by molar-refractivity contribution is 7.93. The van der Waals surface area contributed by atoms with Gasteiger partial charge in [0.05, 0.1) is 16.3 Å². The Bertz CT molecular complexity index is 1690. The second kappa shape index (κ2) is 7.59. The summed E-state index contributed by atoms with van der Waals surface area (Å²) in [5.74, 6) is 1.44. The zero-order valence-electron chi connectivity index (χ0n) is 21.2. The van der Waals surface area contributed by atoms with Crippen molar-refractivity contribution in [1.82, 2.24) is 0 Å². The molecular weight excluding hydrogens is 472 g/mol. The summed E-state index contributed by atoms with van der Waals surface area (Å²) in [6.45, 7) is 8.71. The van der Waals surface area contributed by atoms with Crippen molar-refractivity contribution < 1.29 is 17.6 Å². The van der Waals surface area contributed by atoms with E-state index in [2.05, 4.69) is 25.5 Å². The molecule has 1 aromatic heterocycles. The fourth-order valence-corrected chi connectivity index (χ4v) is 7.14. The van der Waals surface area contributed by atoms with Gasteiger partial charge in [-0.05, 0) is 67.0 Å². The zero-order valence-corrected chi connectivity index (χ0v) is 22.0. The predicted octanol–water partition coefficient (Wildman–Crippen LogP) is 6.44. The van der Waals surface area contributed by atoms with E-state index in [1.54, 1.807) is 42.3 Å². The Balaban J connectivity index is 1.43. The van der Waals surface area contributed by atoms with Crippen LogP contribution in [0.2, 0.25) is 0 Å². The molecule has 0 radical (unpaired) electrons. The fourth-order valence-electron chi connectivity index (χ4n) is 5.82. The number of carbonyl (C=O) groups excluding carboxylic acids is 1. The van der Waals surface area contributed by atoms with Crippen LogP contribution in [0.4, 0.5) is 11.4 Å². The van der Waals surface area contributed by atoms with Crippen molar-refractivity contribution in [1.29, 1.82) is 0 Å². The van der Waals surface area contributed by atoms with Crippen LogP contribution in [-0.4, -0.2) is 21.4 Å². The van der Waals surface area contributed by atoms with Gasteiger partial charge < -0.3 is 9.32 Å². The summed E-state index contributed by atoms with van der Waals surface area (Å²) < 4.78 is 36.4. The standard InChI is InChI=1S/C29H30N2O4S/c1-16-13-25-21(20-14-17(29(2,3)4)9-11-24(20)35-25)15-22(16)30-36(33,34)26-12-10-23-27-18(26)7-6-8-19(27)28(32)31(23)5/h6-8,10,12-13,15,17,30H,9,11,14H2,1-5H3. The van der Waals surface area contributed by atoms with E-state index < -0.39 is 10.0 Å². The Kier molecular flexibility index (Phi) is 4.87. The summed E-state index contributed by atoms with van der Waals surface area (Å²) in [4.78, 5) is 14.3. The van der Waals surface area contributed by atoms with Crippen molar-refractivity contribution >= 4 is 49.0 Å². The van der Waals surface area contributed by atoms with Crippen LogP contribution >= 0.6 is 0 Å². The first-order chi connectivity index (χ1) is 17.0. The number of aryl methyl sites for hydroxylation is 2. The van der Waals surface area contributed by atoms with Crippen molar-refractivity contribution in [2.45, 2.75) is 51.9 Å². The Labute approximate surface area is 211 Å². The molecule has 1 aliphatic carbocycles. The molecule has 1 amide bonds. The minimum absolute atomic E-state index is 0.127. The first-order valence-corrected chi connectivity index (χ1v) is 13.9. The van der Waals surface area contributed by atoms with E-state index in [0.717, 1.165) is 47.2 Å². The van der Waals surface area contributed by atoms with Gasteiger partial charge in [-0.15, -0.1) is 0 Å². The lowest BCUT2D eigenvalue weighted by molar-refractivity contribution is 0.0999. The van der Waals surface area contributed by atoms with Gasteiger partial charge in [-0.1, -0.05) is 32.9 Å². The summed E-state index contributed by atoms with van der Waals surface area (Å²) in [5, 5.41) is 2.20. The molecule has 2 aliphatic rings. The molecular formula is C29H30N2O4S. The number of hydrogen-bond acceptors (Lipinski definition) is 4. The molecule has 186 valence electrons. The van der Waals surface area contributed by atoms with Gasteiger partial charge in [0.15, 0.2) is 0 Å². The number of benzene rings is 3. The third-order valence-electron chi connectivity index (χ3n) is 8.03. The summed E-state index contributed by atoms with van der Waals surface area (Å²) in [6.07, 6.45) is 2.93. The largest absolute Gasteiger partial charge is 0.461 e. The second-order valence-corrected chi connectivity index (χ2v) is 12.9. The maximum atomic E-state index is 13.7. The molecule has 0 saturated carbocycles. The third-order valence-corrected chi connectivity index (χ3v) is 9.45. The first-order valence-electron chi connectivity index (χ1n) is 12.4. The third kappa shape index (κ3) is 3.36. The smallest absolute Gasteiger partial charge is 0.262 e. The molecule has 1 N–H and O–H groups in total. The van der Waals surface area contributed by atoms with Gasteiger partial charge in [-0.25, -0.2) is 8.42 Å². The second-order valence-electron chi connectivity index (χ2n) is 11.3. The monoisotopic (exact) mass is 502 g/mol. The Morgan fingerprint density at radius 1 is 1.08 bits per heavy atom. The van der Waals surface area contributed by atoms with Crippen LogP contribution in [0.25, 0.3) is 21.7 Å². The van der Waals surface area contributed by atoms with Crippen molar-refractivity contribution in [3.63, 3.8) is 0 Å². The maximum absolute atomic E-state index is 13.7. The summed E-state index contributed by atoms with van der Waals surface area (Å²) in [7, 11) is -2.21. The molecule has 0 fully saturated rings. The number of furan rings is 1. The molecule has 7 heteroatoms. The topological polar surface area (TPSA) is 79.6 Å². The number of nitrogens with one attached hydrogen (secondary N) is 1. The summed E-state index contributed by atoms with van der Waals surface area (Å²) >= 11 is 0. The van der Waals surface area contributed by atoms with E-state index in [4.69, 9.17) is 4.42 Å². The number of rotatable bonds is 3. The number of fused-ring (bicyclic) bond motifs is 3. The highest BCUT2D eigenvalue weighted by atomic mass is 32.2. The molecule has 6 nitrogen and oxygen atoms in total. The molecule has 1 atom stereocenters. The molecule has 1 unspecified atom stereocenters. The van der Waals surface area contributed by atoms with E-state index in [1.165, 1.54) is 5.56 Å². The van der Waals surface area contributed by atoms with Gasteiger partial charge in [0, 0.05) is 40.8 Å². The number of anilines is 2. The molecule has 1 aliphatic heterocycles. The lowest BCUT2D eigenvalue weighted by Crippen LogP contribution is -2.26. The van der Waals surface area contributed by atoms with Crippen LogP contribution in [0.1, 0.15) is 54.4 Å². The molecule has 4 aromatic rings. The number of nitrogens with zero attached hydrogens (tertiary/aromatic N) is 1. The molecule has 2 heterocycles. The number of amides is 1. The first kappa shape index (κ1) is 23.1. The predicted molar refractivity (Wildman–Crippen MR) is 143 cm³/mol. The fraction of sp³-hybridized carbons (Fsp3) is 0.345. The molecule has 0 bridgehead atoms. The van der Waals surface area contributed by atoms with E-state index in [-0.39, 0.29) is 16.2 Å². The summed E-state index contributed by atoms with van der Waals surface area (Å²) in [6, 6.07) is 12.4. The van der Waals surface area contributed by atoms with Crippen LogP contribution < -0.4 is 9.62 Å². The number of sulfonamides is 1. The lowest BCUT2D eigenvalue weighted by atomic mass is 9.71. The minimum atomic E-state index is -3.92. The number of carbonyl (C=O) groups is 1. The Hall–Kier alpha value is -3.32. The molecule has 0 saturated heterocycles. The minimum Gasteiger partial charge on any atom is -0.461 e. The van der Waals surface area contributed by atoms with Gasteiger partial charge >= 0.3 is 0 Å².